The Labute approximate surface area is 110 Å². The first-order valence-corrected chi connectivity index (χ1v) is 6.21. The molecule has 1 aromatic carbocycles. The maximum absolute atomic E-state index is 11.8. The molecule has 3 N–H and O–H groups in total. The molecule has 88 valence electrons. The van der Waals surface area contributed by atoms with E-state index in [-0.39, 0.29) is 11.4 Å². The number of halogens is 1. The van der Waals surface area contributed by atoms with Gasteiger partial charge in [0.05, 0.1) is 0 Å². The molecule has 0 fully saturated rings. The molecule has 4 heteroatoms. The van der Waals surface area contributed by atoms with Crippen LogP contribution in [0.1, 0.15) is 29.8 Å². The lowest BCUT2D eigenvalue weighted by atomic mass is 10.1. The van der Waals surface area contributed by atoms with Crippen LogP contribution in [-0.2, 0) is 0 Å². The Balaban J connectivity index is 2.70. The van der Waals surface area contributed by atoms with E-state index in [0.717, 1.165) is 3.57 Å². The van der Waals surface area contributed by atoms with Crippen molar-refractivity contribution in [2.75, 3.05) is 6.54 Å². The molecule has 0 saturated carbocycles. The van der Waals surface area contributed by atoms with Crippen LogP contribution in [0.15, 0.2) is 18.2 Å². The first-order valence-electron chi connectivity index (χ1n) is 5.13. The molecular weight excluding hydrogens is 315 g/mol. The molecule has 0 atom stereocenters. The first-order chi connectivity index (χ1) is 7.29. The molecule has 0 radical (unpaired) electrons. The van der Waals surface area contributed by atoms with E-state index in [2.05, 4.69) is 27.9 Å². The minimum Gasteiger partial charge on any atom is -0.350 e. The maximum Gasteiger partial charge on any atom is 0.251 e. The van der Waals surface area contributed by atoms with E-state index >= 15 is 0 Å². The standard InChI is InChI=1S/C12H17IN2O/c1-8-4-5-9(6-10(8)13)11(16)15-7-12(2,3)14/h4-6H,7,14H2,1-3H3,(H,15,16). The van der Waals surface area contributed by atoms with Crippen LogP contribution in [0.4, 0.5) is 0 Å². The van der Waals surface area contributed by atoms with Gasteiger partial charge in [-0.25, -0.2) is 0 Å². The van der Waals surface area contributed by atoms with Crippen LogP contribution in [0.2, 0.25) is 0 Å². The predicted octanol–water partition coefficient (Wildman–Crippen LogP) is 2.07. The third kappa shape index (κ3) is 4.09. The highest BCUT2D eigenvalue weighted by Gasteiger charge is 2.13. The molecule has 1 aromatic rings. The van der Waals surface area contributed by atoms with Gasteiger partial charge in [-0.2, -0.15) is 0 Å². The summed E-state index contributed by atoms with van der Waals surface area (Å²) < 4.78 is 1.09. The Hall–Kier alpha value is -0.620. The van der Waals surface area contributed by atoms with Gasteiger partial charge >= 0.3 is 0 Å². The van der Waals surface area contributed by atoms with Crippen LogP contribution in [0.25, 0.3) is 0 Å². The van der Waals surface area contributed by atoms with Crippen LogP contribution in [-0.4, -0.2) is 18.0 Å². The van der Waals surface area contributed by atoms with Crippen LogP contribution in [0, 0.1) is 10.5 Å². The summed E-state index contributed by atoms with van der Waals surface area (Å²) in [7, 11) is 0. The number of benzene rings is 1. The van der Waals surface area contributed by atoms with E-state index in [4.69, 9.17) is 5.73 Å². The van der Waals surface area contributed by atoms with Gasteiger partial charge in [0.25, 0.3) is 5.91 Å². The highest BCUT2D eigenvalue weighted by Crippen LogP contribution is 2.13. The minimum atomic E-state index is -0.381. The molecule has 0 bridgehead atoms. The van der Waals surface area contributed by atoms with E-state index in [1.807, 2.05) is 39.0 Å². The Morgan fingerprint density at radius 1 is 1.50 bits per heavy atom. The average molecular weight is 332 g/mol. The lowest BCUT2D eigenvalue weighted by Crippen LogP contribution is -2.45. The molecule has 0 heterocycles. The van der Waals surface area contributed by atoms with Gasteiger partial charge in [-0.15, -0.1) is 0 Å². The van der Waals surface area contributed by atoms with Crippen LogP contribution < -0.4 is 11.1 Å². The van der Waals surface area contributed by atoms with Crippen LogP contribution >= 0.6 is 22.6 Å². The van der Waals surface area contributed by atoms with Crippen molar-refractivity contribution in [3.8, 4) is 0 Å². The zero-order chi connectivity index (χ0) is 12.3. The molecule has 1 amide bonds. The van der Waals surface area contributed by atoms with Crippen molar-refractivity contribution >= 4 is 28.5 Å². The summed E-state index contributed by atoms with van der Waals surface area (Å²) in [6.45, 7) is 6.25. The molecule has 3 nitrogen and oxygen atoms in total. The van der Waals surface area contributed by atoms with E-state index in [9.17, 15) is 4.79 Å². The lowest BCUT2D eigenvalue weighted by Gasteiger charge is -2.18. The normalized spacial score (nSPS) is 11.3. The summed E-state index contributed by atoms with van der Waals surface area (Å²) in [5.41, 5.74) is 7.28. The SMILES string of the molecule is Cc1ccc(C(=O)NCC(C)(C)N)cc1I. The largest absolute Gasteiger partial charge is 0.350 e. The number of nitrogens with one attached hydrogen (secondary N) is 1. The fraction of sp³-hybridized carbons (Fsp3) is 0.417. The van der Waals surface area contributed by atoms with Gasteiger partial charge in [0.1, 0.15) is 0 Å². The van der Waals surface area contributed by atoms with Crippen molar-refractivity contribution in [3.05, 3.63) is 32.9 Å². The molecule has 0 spiro atoms. The number of carbonyl (C=O) groups is 1. The van der Waals surface area contributed by atoms with Crippen molar-refractivity contribution in [2.24, 2.45) is 5.73 Å². The quantitative estimate of drug-likeness (QED) is 0.833. The molecule has 0 aliphatic carbocycles. The maximum atomic E-state index is 11.8. The highest BCUT2D eigenvalue weighted by atomic mass is 127. The molecular formula is C12H17IN2O. The summed E-state index contributed by atoms with van der Waals surface area (Å²) in [6, 6.07) is 5.66. The number of hydrogen-bond acceptors (Lipinski definition) is 2. The van der Waals surface area contributed by atoms with Crippen molar-refractivity contribution in [2.45, 2.75) is 26.3 Å². The number of amides is 1. The highest BCUT2D eigenvalue weighted by molar-refractivity contribution is 14.1. The summed E-state index contributed by atoms with van der Waals surface area (Å²) in [5, 5.41) is 2.82. The topological polar surface area (TPSA) is 55.1 Å². The summed E-state index contributed by atoms with van der Waals surface area (Å²) >= 11 is 2.22. The van der Waals surface area contributed by atoms with Gasteiger partial charge in [0, 0.05) is 21.2 Å². The number of hydrogen-bond donors (Lipinski definition) is 2. The second kappa shape index (κ2) is 5.14. The first kappa shape index (κ1) is 13.4. The average Bonchev–Trinajstić information content (AvgIpc) is 2.17. The summed E-state index contributed by atoms with van der Waals surface area (Å²) in [6.07, 6.45) is 0. The molecule has 0 aromatic heterocycles. The molecule has 0 aliphatic heterocycles. The van der Waals surface area contributed by atoms with Gasteiger partial charge in [-0.1, -0.05) is 6.07 Å². The zero-order valence-corrected chi connectivity index (χ0v) is 12.0. The van der Waals surface area contributed by atoms with Gasteiger partial charge in [-0.05, 0) is 61.1 Å². The second-order valence-electron chi connectivity index (χ2n) is 4.64. The van der Waals surface area contributed by atoms with Gasteiger partial charge in [0.2, 0.25) is 0 Å². The fourth-order valence-electron chi connectivity index (χ4n) is 1.14. The Morgan fingerprint density at radius 3 is 2.62 bits per heavy atom. The Kier molecular flexibility index (Phi) is 4.32. The van der Waals surface area contributed by atoms with Gasteiger partial charge < -0.3 is 11.1 Å². The third-order valence-electron chi connectivity index (χ3n) is 2.14. The van der Waals surface area contributed by atoms with E-state index in [1.54, 1.807) is 0 Å². The van der Waals surface area contributed by atoms with Crippen molar-refractivity contribution in [1.29, 1.82) is 0 Å². The third-order valence-corrected chi connectivity index (χ3v) is 3.30. The second-order valence-corrected chi connectivity index (χ2v) is 5.80. The summed E-state index contributed by atoms with van der Waals surface area (Å²) in [5.74, 6) is -0.0727. The number of rotatable bonds is 3. The molecule has 1 rings (SSSR count). The molecule has 0 saturated heterocycles. The Bertz CT molecular complexity index is 396. The van der Waals surface area contributed by atoms with E-state index in [1.165, 1.54) is 5.56 Å². The lowest BCUT2D eigenvalue weighted by molar-refractivity contribution is 0.0946. The van der Waals surface area contributed by atoms with Crippen molar-refractivity contribution < 1.29 is 4.79 Å². The van der Waals surface area contributed by atoms with Gasteiger partial charge in [-0.3, -0.25) is 4.79 Å². The number of nitrogens with two attached hydrogens (primary N) is 1. The van der Waals surface area contributed by atoms with Crippen LogP contribution in [0.5, 0.6) is 0 Å². The number of aryl methyl sites for hydroxylation is 1. The van der Waals surface area contributed by atoms with Crippen molar-refractivity contribution in [1.82, 2.24) is 5.32 Å². The number of carbonyl (C=O) groups excluding carboxylic acids is 1. The Morgan fingerprint density at radius 2 is 2.12 bits per heavy atom. The van der Waals surface area contributed by atoms with Crippen molar-refractivity contribution in [3.63, 3.8) is 0 Å². The van der Waals surface area contributed by atoms with Crippen LogP contribution in [0.3, 0.4) is 0 Å². The predicted molar refractivity (Wildman–Crippen MR) is 74.5 cm³/mol. The smallest absolute Gasteiger partial charge is 0.251 e. The monoisotopic (exact) mass is 332 g/mol. The zero-order valence-electron chi connectivity index (χ0n) is 9.80. The molecule has 0 aliphatic rings. The molecule has 0 unspecified atom stereocenters. The van der Waals surface area contributed by atoms with Gasteiger partial charge in [0.15, 0.2) is 0 Å². The van der Waals surface area contributed by atoms with E-state index in [0.29, 0.717) is 12.1 Å². The minimum absolute atomic E-state index is 0.0727. The fourth-order valence-corrected chi connectivity index (χ4v) is 1.66. The summed E-state index contributed by atoms with van der Waals surface area (Å²) in [4.78, 5) is 11.8. The van der Waals surface area contributed by atoms with E-state index < -0.39 is 0 Å². The molecule has 16 heavy (non-hydrogen) atoms.